The van der Waals surface area contributed by atoms with Crippen LogP contribution in [0.5, 0.6) is 0 Å². The van der Waals surface area contributed by atoms with Crippen LogP contribution in [0.3, 0.4) is 0 Å². The summed E-state index contributed by atoms with van der Waals surface area (Å²) >= 11 is 5.32. The van der Waals surface area contributed by atoms with E-state index in [1.807, 2.05) is 43.3 Å². The summed E-state index contributed by atoms with van der Waals surface area (Å²) in [5, 5.41) is 9.02. The van der Waals surface area contributed by atoms with E-state index in [4.69, 9.17) is 12.2 Å². The molecule has 2 aromatic carbocycles. The zero-order chi connectivity index (χ0) is 20.6. The van der Waals surface area contributed by atoms with Crippen molar-refractivity contribution >= 4 is 34.8 Å². The number of carbonyl (C=O) groups is 2. The molecule has 3 N–H and O–H groups in total. The molecular formula is C23H27N3O2S. The van der Waals surface area contributed by atoms with Crippen molar-refractivity contribution in [3.63, 3.8) is 0 Å². The Balaban J connectivity index is 1.62. The van der Waals surface area contributed by atoms with Crippen LogP contribution in [-0.4, -0.2) is 16.9 Å². The summed E-state index contributed by atoms with van der Waals surface area (Å²) in [4.78, 5) is 25.2. The topological polar surface area (TPSA) is 70.2 Å². The van der Waals surface area contributed by atoms with Crippen molar-refractivity contribution in [1.29, 1.82) is 0 Å². The number of para-hydroxylation sites is 1. The van der Waals surface area contributed by atoms with Gasteiger partial charge in [-0.15, -0.1) is 0 Å². The summed E-state index contributed by atoms with van der Waals surface area (Å²) in [6.45, 7) is 1.94. The van der Waals surface area contributed by atoms with Crippen LogP contribution in [0.1, 0.15) is 61.0 Å². The number of hydrogen-bond donors (Lipinski definition) is 3. The van der Waals surface area contributed by atoms with E-state index in [1.54, 1.807) is 18.2 Å². The van der Waals surface area contributed by atoms with Crippen LogP contribution >= 0.6 is 12.2 Å². The van der Waals surface area contributed by atoms with Gasteiger partial charge in [0, 0.05) is 5.92 Å². The van der Waals surface area contributed by atoms with Gasteiger partial charge in [-0.1, -0.05) is 61.7 Å². The van der Waals surface area contributed by atoms with Crippen LogP contribution in [0.4, 0.5) is 5.69 Å². The summed E-state index contributed by atoms with van der Waals surface area (Å²) in [5.74, 6) is -0.221. The second-order valence-corrected chi connectivity index (χ2v) is 7.84. The molecule has 6 heteroatoms. The third kappa shape index (κ3) is 5.87. The van der Waals surface area contributed by atoms with Crippen LogP contribution in [-0.2, 0) is 4.79 Å². The first-order valence-corrected chi connectivity index (χ1v) is 10.5. The normalized spacial score (nSPS) is 15.2. The highest BCUT2D eigenvalue weighted by molar-refractivity contribution is 7.80. The van der Waals surface area contributed by atoms with Crippen molar-refractivity contribution in [2.24, 2.45) is 5.92 Å². The highest BCUT2D eigenvalue weighted by Gasteiger charge is 2.22. The average Bonchev–Trinajstić information content (AvgIpc) is 2.75. The van der Waals surface area contributed by atoms with Gasteiger partial charge in [0.1, 0.15) is 0 Å². The molecule has 0 bridgehead atoms. The first-order chi connectivity index (χ1) is 14.0. The smallest absolute Gasteiger partial charge is 0.253 e. The van der Waals surface area contributed by atoms with E-state index < -0.39 is 0 Å². The van der Waals surface area contributed by atoms with E-state index >= 15 is 0 Å². The predicted octanol–water partition coefficient (Wildman–Crippen LogP) is 4.57. The lowest BCUT2D eigenvalue weighted by Crippen LogP contribution is -2.39. The van der Waals surface area contributed by atoms with Crippen LogP contribution in [0.15, 0.2) is 54.6 Å². The van der Waals surface area contributed by atoms with Gasteiger partial charge in [-0.2, -0.15) is 0 Å². The van der Waals surface area contributed by atoms with E-state index in [0.29, 0.717) is 11.3 Å². The summed E-state index contributed by atoms with van der Waals surface area (Å²) in [6.07, 6.45) is 5.17. The largest absolute Gasteiger partial charge is 0.345 e. The maximum absolute atomic E-state index is 12.8. The van der Waals surface area contributed by atoms with Crippen molar-refractivity contribution in [2.45, 2.75) is 45.1 Å². The quantitative estimate of drug-likeness (QED) is 0.633. The van der Waals surface area contributed by atoms with E-state index in [9.17, 15) is 9.59 Å². The predicted molar refractivity (Wildman–Crippen MR) is 120 cm³/mol. The van der Waals surface area contributed by atoms with Crippen molar-refractivity contribution in [2.75, 3.05) is 5.32 Å². The number of benzene rings is 2. The summed E-state index contributed by atoms with van der Waals surface area (Å²) in [7, 11) is 0. The molecule has 0 saturated heterocycles. The van der Waals surface area contributed by atoms with Gasteiger partial charge >= 0.3 is 0 Å². The number of carbonyl (C=O) groups excluding carboxylic acids is 2. The van der Waals surface area contributed by atoms with E-state index in [-0.39, 0.29) is 28.9 Å². The molecule has 1 fully saturated rings. The maximum atomic E-state index is 12.8. The molecule has 29 heavy (non-hydrogen) atoms. The molecule has 3 rings (SSSR count). The molecule has 1 aliphatic rings. The van der Waals surface area contributed by atoms with Crippen molar-refractivity contribution in [3.8, 4) is 0 Å². The monoisotopic (exact) mass is 409 g/mol. The van der Waals surface area contributed by atoms with Crippen molar-refractivity contribution in [1.82, 2.24) is 10.6 Å². The van der Waals surface area contributed by atoms with Gasteiger partial charge in [-0.25, -0.2) is 0 Å². The van der Waals surface area contributed by atoms with Gasteiger partial charge in [-0.05, 0) is 49.7 Å². The van der Waals surface area contributed by atoms with E-state index in [0.717, 1.165) is 31.2 Å². The summed E-state index contributed by atoms with van der Waals surface area (Å²) in [5.41, 5.74) is 2.07. The molecule has 0 spiro atoms. The minimum Gasteiger partial charge on any atom is -0.345 e. The molecule has 2 aromatic rings. The highest BCUT2D eigenvalue weighted by Crippen LogP contribution is 2.24. The van der Waals surface area contributed by atoms with Crippen LogP contribution in [0.25, 0.3) is 0 Å². The lowest BCUT2D eigenvalue weighted by molar-refractivity contribution is -0.124. The fraction of sp³-hybridized carbons (Fsp3) is 0.348. The Hall–Kier alpha value is -2.73. The average molecular weight is 410 g/mol. The fourth-order valence-electron chi connectivity index (χ4n) is 3.62. The number of hydrogen-bond acceptors (Lipinski definition) is 3. The van der Waals surface area contributed by atoms with Gasteiger partial charge in [-0.3, -0.25) is 9.59 Å². The fourth-order valence-corrected chi connectivity index (χ4v) is 3.83. The van der Waals surface area contributed by atoms with Crippen molar-refractivity contribution < 1.29 is 9.59 Å². The highest BCUT2D eigenvalue weighted by atomic mass is 32.1. The molecule has 0 aliphatic heterocycles. The molecule has 1 atom stereocenters. The lowest BCUT2D eigenvalue weighted by atomic mass is 9.89. The van der Waals surface area contributed by atoms with Crippen LogP contribution in [0, 0.1) is 5.92 Å². The SMILES string of the molecule is CC(NC(=O)c1ccccc1NC(=S)NC(=O)C1CCCCC1)c1ccccc1. The molecule has 152 valence electrons. The molecule has 1 unspecified atom stereocenters. The van der Waals surface area contributed by atoms with E-state index in [2.05, 4.69) is 16.0 Å². The molecule has 0 aromatic heterocycles. The number of rotatable bonds is 5. The third-order valence-corrected chi connectivity index (χ3v) is 5.48. The first-order valence-electron chi connectivity index (χ1n) is 10.1. The lowest BCUT2D eigenvalue weighted by Gasteiger charge is -2.21. The minimum absolute atomic E-state index is 0.0220. The summed E-state index contributed by atoms with van der Waals surface area (Å²) < 4.78 is 0. The van der Waals surface area contributed by atoms with Crippen LogP contribution in [0.2, 0.25) is 0 Å². The molecule has 0 radical (unpaired) electrons. The standard InChI is InChI=1S/C23H27N3O2S/c1-16(17-10-4-2-5-11-17)24-22(28)19-14-8-9-15-20(19)25-23(29)26-21(27)18-12-6-3-7-13-18/h2,4-5,8-11,14-16,18H,3,6-7,12-13H2,1H3,(H,24,28)(H2,25,26,27,29). The van der Waals surface area contributed by atoms with Crippen LogP contribution < -0.4 is 16.0 Å². The summed E-state index contributed by atoms with van der Waals surface area (Å²) in [6, 6.07) is 16.8. The Labute approximate surface area is 177 Å². The maximum Gasteiger partial charge on any atom is 0.253 e. The molecule has 0 heterocycles. The molecule has 2 amide bonds. The Morgan fingerprint density at radius 3 is 2.34 bits per heavy atom. The zero-order valence-corrected chi connectivity index (χ0v) is 17.4. The van der Waals surface area contributed by atoms with Gasteiger partial charge in [0.2, 0.25) is 5.91 Å². The molecular weight excluding hydrogens is 382 g/mol. The van der Waals surface area contributed by atoms with Gasteiger partial charge in [0.05, 0.1) is 17.3 Å². The van der Waals surface area contributed by atoms with E-state index in [1.165, 1.54) is 6.42 Å². The molecule has 1 saturated carbocycles. The molecule has 1 aliphatic carbocycles. The second-order valence-electron chi connectivity index (χ2n) is 7.43. The number of nitrogens with one attached hydrogen (secondary N) is 3. The first kappa shape index (κ1) is 21.0. The Morgan fingerprint density at radius 2 is 1.62 bits per heavy atom. The van der Waals surface area contributed by atoms with Gasteiger partial charge in [0.25, 0.3) is 5.91 Å². The number of anilines is 1. The Kier molecular flexibility index (Phi) is 7.36. The third-order valence-electron chi connectivity index (χ3n) is 5.28. The second kappa shape index (κ2) is 10.2. The number of thiocarbonyl (C=S) groups is 1. The Bertz CT molecular complexity index is 863. The number of amides is 2. The van der Waals surface area contributed by atoms with Gasteiger partial charge < -0.3 is 16.0 Å². The minimum atomic E-state index is -0.203. The van der Waals surface area contributed by atoms with Crippen molar-refractivity contribution in [3.05, 3.63) is 65.7 Å². The molecule has 5 nitrogen and oxygen atoms in total. The zero-order valence-electron chi connectivity index (χ0n) is 16.6. The Morgan fingerprint density at radius 1 is 0.966 bits per heavy atom. The van der Waals surface area contributed by atoms with Gasteiger partial charge in [0.15, 0.2) is 5.11 Å².